The van der Waals surface area contributed by atoms with Gasteiger partial charge in [0.15, 0.2) is 0 Å². The molecule has 8 unspecified atom stereocenters. The van der Waals surface area contributed by atoms with Crippen LogP contribution in [-0.2, 0) is 85.9 Å². The van der Waals surface area contributed by atoms with Gasteiger partial charge in [-0.3, -0.25) is 52.7 Å². The molecule has 0 radical (unpaired) electrons. The molecule has 106 heavy (non-hydrogen) atoms. The lowest BCUT2D eigenvalue weighted by Gasteiger charge is -2.42. The van der Waals surface area contributed by atoms with Crippen molar-refractivity contribution in [1.82, 2.24) is 19.6 Å². The third-order valence-electron chi connectivity index (χ3n) is 21.9. The molecule has 582 valence electrons. The summed E-state index contributed by atoms with van der Waals surface area (Å²) in [5.41, 5.74) is 10.0. The van der Waals surface area contributed by atoms with Crippen molar-refractivity contribution < 1.29 is 85.9 Å². The van der Waals surface area contributed by atoms with E-state index in [0.29, 0.717) is 44.4 Å². The van der Waals surface area contributed by atoms with Gasteiger partial charge in [0.2, 0.25) is 23.6 Å². The van der Waals surface area contributed by atoms with E-state index >= 15 is 0 Å². The van der Waals surface area contributed by atoms with Crippen molar-refractivity contribution in [2.45, 2.75) is 200 Å². The van der Waals surface area contributed by atoms with Gasteiger partial charge in [0.05, 0.1) is 65.1 Å². The van der Waals surface area contributed by atoms with Gasteiger partial charge in [-0.15, -0.1) is 0 Å². The van der Waals surface area contributed by atoms with Crippen molar-refractivity contribution in [2.24, 2.45) is 41.4 Å². The molecule has 9 rings (SSSR count). The highest BCUT2D eigenvalue weighted by atomic mass is 16.6. The summed E-state index contributed by atoms with van der Waals surface area (Å²) in [7, 11) is 17.6. The van der Waals surface area contributed by atoms with Gasteiger partial charge in [0, 0.05) is 100 Å². The summed E-state index contributed by atoms with van der Waals surface area (Å²) in [6.45, 7) is 14.4. The van der Waals surface area contributed by atoms with Crippen LogP contribution in [0.25, 0.3) is 0 Å². The molecular formula is C84H118N4O18. The zero-order valence-electron chi connectivity index (χ0n) is 66.1. The summed E-state index contributed by atoms with van der Waals surface area (Å²) < 4.78 is 34.5. The Morgan fingerprint density at radius 1 is 0.292 bits per heavy atom. The van der Waals surface area contributed by atoms with Crippen molar-refractivity contribution in [3.05, 3.63) is 142 Å². The molecule has 5 fully saturated rings. The monoisotopic (exact) mass is 1470 g/mol. The number of carbonyl (C=O) groups is 11. The van der Waals surface area contributed by atoms with Crippen LogP contribution in [0.3, 0.4) is 0 Å². The average molecular weight is 1470 g/mol. The summed E-state index contributed by atoms with van der Waals surface area (Å²) in [5.74, 6) is -2.72. The second-order valence-corrected chi connectivity index (χ2v) is 29.7. The second kappa shape index (κ2) is 42.4. The van der Waals surface area contributed by atoms with Crippen molar-refractivity contribution in [2.75, 3.05) is 77.8 Å². The van der Waals surface area contributed by atoms with Gasteiger partial charge in [0.25, 0.3) is 0 Å². The zero-order valence-corrected chi connectivity index (χ0v) is 66.1. The fourth-order valence-corrected chi connectivity index (χ4v) is 16.4. The van der Waals surface area contributed by atoms with E-state index in [9.17, 15) is 52.7 Å². The summed E-state index contributed by atoms with van der Waals surface area (Å²) >= 11 is 0. The molecule has 0 spiro atoms. The molecule has 4 aromatic carbocycles. The first-order valence-corrected chi connectivity index (χ1v) is 37.0. The molecule has 0 aromatic heterocycles. The van der Waals surface area contributed by atoms with Gasteiger partial charge < -0.3 is 52.8 Å². The number of hydrogen-bond donors (Lipinski definition) is 0. The third kappa shape index (κ3) is 25.6. The lowest BCUT2D eigenvalue weighted by atomic mass is 9.71. The standard InChI is InChI=1S/2C19H28N2O2.2C17H22O4.C12H18O6/c1-13-8-6-7-9-17(13)14-10-15(18(22)20(2)3)12-16(11-14)19(23)21(4)5;1-13-8-6-7-9-19(13)16-10-17(20(4)14(2)22)12-18(11-16)21(5)15(3)23;1-11-6-4-5-7-15(11)12-8-13(16(18)20-2)10-14(9-12)17(19)21-3;1-11-6-4-5-7-17(11)14-8-15(20-12(2)18)10-16(9-14)21-13(3)19;1-16-10(13)7-4-8(11(14)17-2)6-9(5-7)12(15)18-3/h6-9,14-16H,10-12H2,1-5H3;6-9,16-18H,10-12H2,1-5H3;4-7,12-14H,8-10H2,1-3H3;4-7,14-16H,8-10H2,1-3H3;7-9H,4-6H2,1-3H3. The molecule has 0 bridgehead atoms. The molecule has 0 aliphatic heterocycles. The summed E-state index contributed by atoms with van der Waals surface area (Å²) in [6.07, 6.45) is 9.90. The van der Waals surface area contributed by atoms with Gasteiger partial charge in [-0.05, 0) is 186 Å². The highest BCUT2D eigenvalue weighted by molar-refractivity contribution is 5.83. The summed E-state index contributed by atoms with van der Waals surface area (Å²) in [4.78, 5) is 137. The number of ether oxygens (including phenoxy) is 7. The predicted octanol–water partition coefficient (Wildman–Crippen LogP) is 12.1. The largest absolute Gasteiger partial charge is 0.469 e. The molecule has 8 atom stereocenters. The molecule has 5 aliphatic carbocycles. The summed E-state index contributed by atoms with van der Waals surface area (Å²) in [6, 6.07) is 33.5. The molecule has 5 saturated carbocycles. The fraction of sp³-hybridized carbons (Fsp3) is 0.583. The van der Waals surface area contributed by atoms with Gasteiger partial charge in [0.1, 0.15) is 12.2 Å². The minimum atomic E-state index is -0.461. The lowest BCUT2D eigenvalue weighted by molar-refractivity contribution is -0.159. The van der Waals surface area contributed by atoms with Crippen LogP contribution in [-0.4, -0.2) is 187 Å². The Bertz CT molecular complexity index is 3460. The SMILES string of the molecule is CC(=O)N(C)C1CC(c2ccccc2C)CC(N(C)C(C)=O)C1.CC(=O)OC1CC(OC(C)=O)CC(c2ccccc2C)C1.COC(=O)C1CC(C(=O)OC)CC(C(=O)OC)C1.COC(=O)C1CC(C(=O)OC)CC(c2ccccc2C)C1.Cc1ccccc1C1CC(C(=O)N(C)C)CC(C(=O)N(C)C)C1. The Kier molecular flexibility index (Phi) is 35.1. The van der Waals surface area contributed by atoms with E-state index < -0.39 is 35.7 Å². The topological polar surface area (TPSA) is 265 Å². The van der Waals surface area contributed by atoms with E-state index in [0.717, 1.165) is 57.8 Å². The Labute approximate surface area is 628 Å². The average Bonchev–Trinajstić information content (AvgIpc) is 0.785. The maximum Gasteiger partial charge on any atom is 0.308 e. The number of carbonyl (C=O) groups excluding carboxylic acids is 11. The quantitative estimate of drug-likeness (QED) is 0.0790. The van der Waals surface area contributed by atoms with Gasteiger partial charge in [-0.2, -0.15) is 0 Å². The van der Waals surface area contributed by atoms with Crippen LogP contribution >= 0.6 is 0 Å². The van der Waals surface area contributed by atoms with E-state index in [1.165, 1.54) is 93.9 Å². The Hall–Kier alpha value is -8.95. The van der Waals surface area contributed by atoms with E-state index in [1.807, 2.05) is 60.3 Å². The highest BCUT2D eigenvalue weighted by Gasteiger charge is 2.43. The van der Waals surface area contributed by atoms with Crippen LogP contribution in [0, 0.1) is 69.1 Å². The Balaban J connectivity index is 0.000000238. The van der Waals surface area contributed by atoms with E-state index in [4.69, 9.17) is 18.9 Å². The lowest BCUT2D eigenvalue weighted by Crippen LogP contribution is -2.48. The highest BCUT2D eigenvalue weighted by Crippen LogP contribution is 2.45. The number of amides is 4. The number of aryl methyl sites for hydroxylation is 4. The van der Waals surface area contributed by atoms with Crippen LogP contribution in [0.4, 0.5) is 0 Å². The van der Waals surface area contributed by atoms with Crippen molar-refractivity contribution in [3.8, 4) is 0 Å². The first-order valence-electron chi connectivity index (χ1n) is 37.0. The molecule has 5 aliphatic rings. The molecule has 4 amide bonds. The van der Waals surface area contributed by atoms with Gasteiger partial charge >= 0.3 is 41.8 Å². The molecule has 0 N–H and O–H groups in total. The number of benzene rings is 4. The van der Waals surface area contributed by atoms with Crippen LogP contribution < -0.4 is 0 Å². The van der Waals surface area contributed by atoms with Crippen LogP contribution in [0.5, 0.6) is 0 Å². The Morgan fingerprint density at radius 2 is 0.519 bits per heavy atom. The summed E-state index contributed by atoms with van der Waals surface area (Å²) in [5, 5.41) is 0. The number of esters is 7. The van der Waals surface area contributed by atoms with E-state index in [-0.39, 0.29) is 113 Å². The number of nitrogens with zero attached hydrogens (tertiary/aromatic N) is 4. The second-order valence-electron chi connectivity index (χ2n) is 29.7. The number of hydrogen-bond acceptors (Lipinski definition) is 18. The van der Waals surface area contributed by atoms with Crippen LogP contribution in [0.2, 0.25) is 0 Å². The van der Waals surface area contributed by atoms with E-state index in [2.05, 4.69) is 103 Å². The minimum absolute atomic E-state index is 0.0720. The first-order chi connectivity index (χ1) is 50.2. The normalized spacial score (nSPS) is 25.1. The smallest absolute Gasteiger partial charge is 0.308 e. The van der Waals surface area contributed by atoms with Crippen LogP contribution in [0.15, 0.2) is 97.1 Å². The molecule has 0 heterocycles. The first kappa shape index (κ1) is 87.7. The maximum atomic E-state index is 12.5. The maximum absolute atomic E-state index is 12.5. The number of rotatable bonds is 15. The van der Waals surface area contributed by atoms with Crippen molar-refractivity contribution in [3.63, 3.8) is 0 Å². The van der Waals surface area contributed by atoms with Gasteiger partial charge in [-0.1, -0.05) is 97.1 Å². The molecular weight excluding hydrogens is 1350 g/mol. The molecule has 0 saturated heterocycles. The van der Waals surface area contributed by atoms with Crippen molar-refractivity contribution in [1.29, 1.82) is 0 Å². The zero-order chi connectivity index (χ0) is 78.8. The Morgan fingerprint density at radius 3 is 0.755 bits per heavy atom. The van der Waals surface area contributed by atoms with Gasteiger partial charge in [-0.25, -0.2) is 0 Å². The minimum Gasteiger partial charge on any atom is -0.469 e. The fourth-order valence-electron chi connectivity index (χ4n) is 16.4. The van der Waals surface area contributed by atoms with E-state index in [1.54, 1.807) is 51.8 Å². The van der Waals surface area contributed by atoms with Crippen molar-refractivity contribution >= 4 is 65.4 Å². The molecule has 22 heteroatoms. The third-order valence-corrected chi connectivity index (χ3v) is 21.9. The number of methoxy groups -OCH3 is 5. The van der Waals surface area contributed by atoms with Crippen LogP contribution in [0.1, 0.15) is 192 Å². The molecule has 4 aromatic rings. The predicted molar refractivity (Wildman–Crippen MR) is 402 cm³/mol. The molecule has 22 nitrogen and oxygen atoms in total.